The molecule has 2 aromatic rings. The van der Waals surface area contributed by atoms with Gasteiger partial charge in [-0.1, -0.05) is 36.4 Å². The summed E-state index contributed by atoms with van der Waals surface area (Å²) in [4.78, 5) is 4.34. The van der Waals surface area contributed by atoms with E-state index in [1.807, 2.05) is 55.5 Å². The SMILES string of the molecule is CCOc1cccc(NCC(N)c2ccccc2)n1. The molecule has 0 radical (unpaired) electrons. The first kappa shape index (κ1) is 13.4. The molecule has 0 saturated heterocycles. The molecule has 19 heavy (non-hydrogen) atoms. The fourth-order valence-corrected chi connectivity index (χ4v) is 1.77. The lowest BCUT2D eigenvalue weighted by atomic mass is 10.1. The summed E-state index contributed by atoms with van der Waals surface area (Å²) >= 11 is 0. The monoisotopic (exact) mass is 257 g/mol. The van der Waals surface area contributed by atoms with Crippen molar-refractivity contribution in [1.29, 1.82) is 0 Å². The molecule has 0 bridgehead atoms. The summed E-state index contributed by atoms with van der Waals surface area (Å²) in [6.45, 7) is 3.18. The Kier molecular flexibility index (Phi) is 4.75. The largest absolute Gasteiger partial charge is 0.478 e. The van der Waals surface area contributed by atoms with Gasteiger partial charge in [0, 0.05) is 18.7 Å². The standard InChI is InChI=1S/C15H19N3O/c1-2-19-15-10-6-9-14(18-15)17-11-13(16)12-7-4-3-5-8-12/h3-10,13H,2,11,16H2,1H3,(H,17,18). The average Bonchev–Trinajstić information content (AvgIpc) is 2.46. The van der Waals surface area contributed by atoms with Crippen LogP contribution < -0.4 is 15.8 Å². The van der Waals surface area contributed by atoms with Gasteiger partial charge in [-0.15, -0.1) is 0 Å². The summed E-state index contributed by atoms with van der Waals surface area (Å²) in [5.74, 6) is 1.40. The summed E-state index contributed by atoms with van der Waals surface area (Å²) in [6, 6.07) is 15.6. The molecule has 1 aromatic heterocycles. The Balaban J connectivity index is 1.93. The minimum Gasteiger partial charge on any atom is -0.478 e. The third-order valence-electron chi connectivity index (χ3n) is 2.75. The maximum atomic E-state index is 6.12. The number of anilines is 1. The topological polar surface area (TPSA) is 60.2 Å². The number of nitrogens with two attached hydrogens (primary N) is 1. The molecule has 0 aliphatic carbocycles. The van der Waals surface area contributed by atoms with Crippen molar-refractivity contribution < 1.29 is 4.74 Å². The molecule has 0 spiro atoms. The predicted molar refractivity (Wildman–Crippen MR) is 77.3 cm³/mol. The van der Waals surface area contributed by atoms with Crippen LogP contribution in [-0.4, -0.2) is 18.1 Å². The summed E-state index contributed by atoms with van der Waals surface area (Å²) in [5, 5.41) is 3.23. The minimum atomic E-state index is -0.0567. The van der Waals surface area contributed by atoms with Gasteiger partial charge in [0.15, 0.2) is 0 Å². The van der Waals surface area contributed by atoms with Crippen LogP contribution in [-0.2, 0) is 0 Å². The van der Waals surface area contributed by atoms with Crippen LogP contribution in [0.3, 0.4) is 0 Å². The van der Waals surface area contributed by atoms with Gasteiger partial charge in [-0.05, 0) is 18.6 Å². The Morgan fingerprint density at radius 2 is 1.95 bits per heavy atom. The quantitative estimate of drug-likeness (QED) is 0.835. The third kappa shape index (κ3) is 3.96. The first-order valence-electron chi connectivity index (χ1n) is 6.44. The minimum absolute atomic E-state index is 0.0567. The second-order valence-electron chi connectivity index (χ2n) is 4.19. The van der Waals surface area contributed by atoms with E-state index in [-0.39, 0.29) is 6.04 Å². The number of aromatic nitrogens is 1. The van der Waals surface area contributed by atoms with E-state index in [4.69, 9.17) is 10.5 Å². The molecular formula is C15H19N3O. The molecule has 0 aliphatic rings. The summed E-state index contributed by atoms with van der Waals surface area (Å²) in [5.41, 5.74) is 7.23. The smallest absolute Gasteiger partial charge is 0.215 e. The van der Waals surface area contributed by atoms with E-state index in [1.54, 1.807) is 0 Å². The highest BCUT2D eigenvalue weighted by Gasteiger charge is 2.05. The average molecular weight is 257 g/mol. The van der Waals surface area contributed by atoms with Crippen LogP contribution in [0.5, 0.6) is 5.88 Å². The summed E-state index contributed by atoms with van der Waals surface area (Å²) < 4.78 is 5.36. The van der Waals surface area contributed by atoms with E-state index in [0.29, 0.717) is 19.0 Å². The van der Waals surface area contributed by atoms with E-state index in [0.717, 1.165) is 11.4 Å². The molecular weight excluding hydrogens is 238 g/mol. The van der Waals surface area contributed by atoms with Gasteiger partial charge in [-0.25, -0.2) is 0 Å². The number of nitrogens with one attached hydrogen (secondary N) is 1. The zero-order valence-electron chi connectivity index (χ0n) is 11.0. The molecule has 100 valence electrons. The Morgan fingerprint density at radius 1 is 1.16 bits per heavy atom. The molecule has 2 rings (SSSR count). The Labute approximate surface area is 113 Å². The van der Waals surface area contributed by atoms with E-state index >= 15 is 0 Å². The van der Waals surface area contributed by atoms with Gasteiger partial charge >= 0.3 is 0 Å². The number of benzene rings is 1. The van der Waals surface area contributed by atoms with Crippen molar-refractivity contribution in [1.82, 2.24) is 4.98 Å². The highest BCUT2D eigenvalue weighted by atomic mass is 16.5. The third-order valence-corrected chi connectivity index (χ3v) is 2.75. The van der Waals surface area contributed by atoms with E-state index in [9.17, 15) is 0 Å². The molecule has 0 amide bonds. The Bertz CT molecular complexity index is 502. The van der Waals surface area contributed by atoms with Crippen molar-refractivity contribution in [2.24, 2.45) is 5.73 Å². The fourth-order valence-electron chi connectivity index (χ4n) is 1.77. The Hall–Kier alpha value is -2.07. The molecule has 1 aromatic carbocycles. The van der Waals surface area contributed by atoms with Crippen LogP contribution >= 0.6 is 0 Å². The number of hydrogen-bond acceptors (Lipinski definition) is 4. The van der Waals surface area contributed by atoms with Gasteiger partial charge < -0.3 is 15.8 Å². The molecule has 0 aliphatic heterocycles. The van der Waals surface area contributed by atoms with Crippen LogP contribution in [0.1, 0.15) is 18.5 Å². The molecule has 1 unspecified atom stereocenters. The molecule has 4 nitrogen and oxygen atoms in total. The highest BCUT2D eigenvalue weighted by molar-refractivity contribution is 5.37. The van der Waals surface area contributed by atoms with Gasteiger partial charge in [0.2, 0.25) is 5.88 Å². The fraction of sp³-hybridized carbons (Fsp3) is 0.267. The predicted octanol–water partition coefficient (Wildman–Crippen LogP) is 2.59. The molecule has 1 atom stereocenters. The van der Waals surface area contributed by atoms with E-state index < -0.39 is 0 Å². The maximum absolute atomic E-state index is 6.12. The first-order valence-corrected chi connectivity index (χ1v) is 6.44. The van der Waals surface area contributed by atoms with Crippen LogP contribution in [0.25, 0.3) is 0 Å². The lowest BCUT2D eigenvalue weighted by Crippen LogP contribution is -2.20. The van der Waals surface area contributed by atoms with Crippen LogP contribution in [0.2, 0.25) is 0 Å². The second-order valence-corrected chi connectivity index (χ2v) is 4.19. The zero-order valence-corrected chi connectivity index (χ0v) is 11.0. The number of hydrogen-bond donors (Lipinski definition) is 2. The Morgan fingerprint density at radius 3 is 2.68 bits per heavy atom. The molecule has 0 fully saturated rings. The van der Waals surface area contributed by atoms with Crippen molar-refractivity contribution in [3.8, 4) is 5.88 Å². The molecule has 1 heterocycles. The van der Waals surface area contributed by atoms with Crippen molar-refractivity contribution in [3.05, 3.63) is 54.1 Å². The van der Waals surface area contributed by atoms with Gasteiger partial charge in [-0.2, -0.15) is 4.98 Å². The van der Waals surface area contributed by atoms with Gasteiger partial charge in [0.1, 0.15) is 5.82 Å². The molecule has 0 saturated carbocycles. The highest BCUT2D eigenvalue weighted by Crippen LogP contribution is 2.14. The van der Waals surface area contributed by atoms with E-state index in [2.05, 4.69) is 10.3 Å². The van der Waals surface area contributed by atoms with Crippen molar-refractivity contribution in [2.45, 2.75) is 13.0 Å². The number of rotatable bonds is 6. The lowest BCUT2D eigenvalue weighted by Gasteiger charge is -2.14. The second kappa shape index (κ2) is 6.75. The number of ether oxygens (including phenoxy) is 1. The maximum Gasteiger partial charge on any atom is 0.215 e. The van der Waals surface area contributed by atoms with Crippen LogP contribution in [0.15, 0.2) is 48.5 Å². The van der Waals surface area contributed by atoms with Crippen LogP contribution in [0, 0.1) is 0 Å². The summed E-state index contributed by atoms with van der Waals surface area (Å²) in [7, 11) is 0. The van der Waals surface area contributed by atoms with Gasteiger partial charge in [0.05, 0.1) is 6.61 Å². The lowest BCUT2D eigenvalue weighted by molar-refractivity contribution is 0.327. The van der Waals surface area contributed by atoms with Crippen molar-refractivity contribution in [2.75, 3.05) is 18.5 Å². The van der Waals surface area contributed by atoms with Crippen molar-refractivity contribution in [3.63, 3.8) is 0 Å². The molecule has 3 N–H and O–H groups in total. The molecule has 4 heteroatoms. The first-order chi connectivity index (χ1) is 9.29. The van der Waals surface area contributed by atoms with E-state index in [1.165, 1.54) is 0 Å². The normalized spacial score (nSPS) is 11.9. The summed E-state index contributed by atoms with van der Waals surface area (Å²) in [6.07, 6.45) is 0. The van der Waals surface area contributed by atoms with Crippen molar-refractivity contribution >= 4 is 5.82 Å². The van der Waals surface area contributed by atoms with Crippen LogP contribution in [0.4, 0.5) is 5.82 Å². The number of nitrogens with zero attached hydrogens (tertiary/aromatic N) is 1. The van der Waals surface area contributed by atoms with Gasteiger partial charge in [-0.3, -0.25) is 0 Å². The zero-order chi connectivity index (χ0) is 13.5. The number of pyridine rings is 1. The van der Waals surface area contributed by atoms with Gasteiger partial charge in [0.25, 0.3) is 0 Å².